The van der Waals surface area contributed by atoms with Crippen molar-refractivity contribution >= 4 is 0 Å². The second-order valence-corrected chi connectivity index (χ2v) is 7.86. The van der Waals surface area contributed by atoms with Gasteiger partial charge in [-0.2, -0.15) is 8.78 Å². The number of likely N-dealkylation sites (tertiary alicyclic amines) is 1. The van der Waals surface area contributed by atoms with Gasteiger partial charge in [0.15, 0.2) is 17.4 Å². The molecule has 1 fully saturated rings. The molecule has 0 amide bonds. The molecule has 3 rings (SSSR count). The molecule has 3 atom stereocenters. The number of ether oxygens (including phenoxy) is 1. The van der Waals surface area contributed by atoms with Crippen LogP contribution in [0.3, 0.4) is 0 Å². The van der Waals surface area contributed by atoms with Gasteiger partial charge in [-0.05, 0) is 38.7 Å². The second kappa shape index (κ2) is 8.32. The van der Waals surface area contributed by atoms with Crippen molar-refractivity contribution in [2.24, 2.45) is 0 Å². The van der Waals surface area contributed by atoms with Gasteiger partial charge in [-0.25, -0.2) is 8.78 Å². The van der Waals surface area contributed by atoms with Crippen LogP contribution >= 0.6 is 0 Å². The van der Waals surface area contributed by atoms with E-state index in [2.05, 4.69) is 4.74 Å². The summed E-state index contributed by atoms with van der Waals surface area (Å²) in [6, 6.07) is 8.87. The van der Waals surface area contributed by atoms with Crippen LogP contribution in [0.15, 0.2) is 30.3 Å². The number of hydrogen-bond donors (Lipinski definition) is 1. The molecular formula is C22H25F4NO2. The molecule has 2 aromatic carbocycles. The van der Waals surface area contributed by atoms with Crippen molar-refractivity contribution in [3.05, 3.63) is 64.7 Å². The molecule has 1 saturated heterocycles. The Kier molecular flexibility index (Phi) is 6.19. The minimum absolute atomic E-state index is 0.0569. The molecule has 158 valence electrons. The van der Waals surface area contributed by atoms with Gasteiger partial charge in [0.1, 0.15) is 0 Å². The number of aliphatic hydroxyl groups is 1. The zero-order chi connectivity index (χ0) is 21.3. The number of nitrogens with zero attached hydrogens (tertiary/aromatic N) is 1. The van der Waals surface area contributed by atoms with Crippen molar-refractivity contribution in [1.82, 2.24) is 4.90 Å². The number of methoxy groups -OCH3 is 1. The fraction of sp³-hybridized carbons (Fsp3) is 0.455. The lowest BCUT2D eigenvalue weighted by molar-refractivity contribution is 0.0158. The standard InChI is InChI=1S/C22H25F4NO2/c1-13-9-10-15(11-22(2,28)14-7-5-4-6-8-14)27(13)12-16-17(23)19(25)21(29-3)20(26)18(16)24/h4-8,13,15,28H,9-12H2,1-3H3. The Bertz CT molecular complexity index is 844. The highest BCUT2D eigenvalue weighted by Crippen LogP contribution is 2.37. The average Bonchev–Trinajstić information content (AvgIpc) is 3.03. The molecule has 1 N–H and O–H groups in total. The van der Waals surface area contributed by atoms with Gasteiger partial charge >= 0.3 is 0 Å². The number of rotatable bonds is 6. The molecule has 1 aliphatic heterocycles. The van der Waals surface area contributed by atoms with E-state index in [1.807, 2.05) is 37.3 Å². The Labute approximate surface area is 167 Å². The molecule has 0 spiro atoms. The quantitative estimate of drug-likeness (QED) is 0.542. The fourth-order valence-electron chi connectivity index (χ4n) is 4.16. The van der Waals surface area contributed by atoms with E-state index in [1.54, 1.807) is 11.8 Å². The molecule has 29 heavy (non-hydrogen) atoms. The lowest BCUT2D eigenvalue weighted by atomic mass is 9.88. The predicted octanol–water partition coefficient (Wildman–Crippen LogP) is 4.90. The molecular weight excluding hydrogens is 386 g/mol. The normalized spacial score (nSPS) is 21.9. The fourth-order valence-corrected chi connectivity index (χ4v) is 4.16. The molecule has 0 radical (unpaired) electrons. The number of hydrogen-bond acceptors (Lipinski definition) is 3. The molecule has 7 heteroatoms. The summed E-state index contributed by atoms with van der Waals surface area (Å²) < 4.78 is 61.6. The second-order valence-electron chi connectivity index (χ2n) is 7.86. The first-order chi connectivity index (χ1) is 13.7. The van der Waals surface area contributed by atoms with Crippen LogP contribution in [0.5, 0.6) is 5.75 Å². The van der Waals surface area contributed by atoms with Crippen molar-refractivity contribution in [1.29, 1.82) is 0 Å². The summed E-state index contributed by atoms with van der Waals surface area (Å²) in [5, 5.41) is 11.0. The maximum atomic E-state index is 14.5. The zero-order valence-electron chi connectivity index (χ0n) is 16.7. The Morgan fingerprint density at radius 2 is 1.62 bits per heavy atom. The van der Waals surface area contributed by atoms with Gasteiger partial charge < -0.3 is 9.84 Å². The van der Waals surface area contributed by atoms with Gasteiger partial charge in [0.05, 0.1) is 12.7 Å². The van der Waals surface area contributed by atoms with Crippen LogP contribution in [0.2, 0.25) is 0 Å². The Balaban J connectivity index is 1.88. The third-order valence-corrected chi connectivity index (χ3v) is 5.84. The SMILES string of the molecule is COc1c(F)c(F)c(CN2C(C)CCC2CC(C)(O)c2ccccc2)c(F)c1F. The molecule has 1 heterocycles. The first kappa shape index (κ1) is 21.6. The van der Waals surface area contributed by atoms with E-state index in [9.17, 15) is 22.7 Å². The zero-order valence-corrected chi connectivity index (χ0v) is 16.7. The van der Waals surface area contributed by atoms with Gasteiger partial charge in [0, 0.05) is 24.2 Å². The lowest BCUT2D eigenvalue weighted by Crippen LogP contribution is -2.39. The van der Waals surface area contributed by atoms with E-state index in [0.717, 1.165) is 19.1 Å². The number of halogens is 4. The van der Waals surface area contributed by atoms with Crippen LogP contribution in [0.1, 0.15) is 44.2 Å². The molecule has 0 saturated carbocycles. The van der Waals surface area contributed by atoms with Crippen LogP contribution in [0.4, 0.5) is 17.6 Å². The summed E-state index contributed by atoms with van der Waals surface area (Å²) in [5.74, 6) is -7.05. The van der Waals surface area contributed by atoms with Crippen LogP contribution in [0, 0.1) is 23.3 Å². The number of benzene rings is 2. The first-order valence-electron chi connectivity index (χ1n) is 9.59. The van der Waals surface area contributed by atoms with Gasteiger partial charge in [-0.3, -0.25) is 4.90 Å². The maximum absolute atomic E-state index is 14.5. The Morgan fingerprint density at radius 3 is 2.17 bits per heavy atom. The van der Waals surface area contributed by atoms with Crippen LogP contribution in [-0.2, 0) is 12.1 Å². The van der Waals surface area contributed by atoms with Gasteiger partial charge in [-0.1, -0.05) is 30.3 Å². The van der Waals surface area contributed by atoms with Crippen LogP contribution < -0.4 is 4.74 Å². The predicted molar refractivity (Wildman–Crippen MR) is 101 cm³/mol. The Hall–Kier alpha value is -2.12. The van der Waals surface area contributed by atoms with E-state index >= 15 is 0 Å². The van der Waals surface area contributed by atoms with Crippen molar-refractivity contribution in [2.45, 2.75) is 57.3 Å². The summed E-state index contributed by atoms with van der Waals surface area (Å²) in [6.07, 6.45) is 1.78. The molecule has 3 nitrogen and oxygen atoms in total. The lowest BCUT2D eigenvalue weighted by Gasteiger charge is -2.34. The topological polar surface area (TPSA) is 32.7 Å². The molecule has 0 aliphatic carbocycles. The highest BCUT2D eigenvalue weighted by Gasteiger charge is 2.38. The average molecular weight is 411 g/mol. The third-order valence-electron chi connectivity index (χ3n) is 5.84. The summed E-state index contributed by atoms with van der Waals surface area (Å²) in [7, 11) is 0.949. The molecule has 0 aromatic heterocycles. The van der Waals surface area contributed by atoms with E-state index in [1.165, 1.54) is 0 Å². The highest BCUT2D eigenvalue weighted by molar-refractivity contribution is 5.34. The Morgan fingerprint density at radius 1 is 1.03 bits per heavy atom. The maximum Gasteiger partial charge on any atom is 0.204 e. The van der Waals surface area contributed by atoms with Crippen molar-refractivity contribution in [3.63, 3.8) is 0 Å². The van der Waals surface area contributed by atoms with E-state index in [4.69, 9.17) is 0 Å². The molecule has 3 unspecified atom stereocenters. The minimum Gasteiger partial charge on any atom is -0.491 e. The summed E-state index contributed by atoms with van der Waals surface area (Å²) in [5.41, 5.74) is -1.08. The van der Waals surface area contributed by atoms with Crippen LogP contribution in [0.25, 0.3) is 0 Å². The van der Waals surface area contributed by atoms with Crippen molar-refractivity contribution in [2.75, 3.05) is 7.11 Å². The van der Waals surface area contributed by atoms with Gasteiger partial charge in [0.25, 0.3) is 0 Å². The molecule has 1 aliphatic rings. The van der Waals surface area contributed by atoms with E-state index in [0.29, 0.717) is 12.8 Å². The van der Waals surface area contributed by atoms with Gasteiger partial charge in [0.2, 0.25) is 11.6 Å². The summed E-state index contributed by atoms with van der Waals surface area (Å²) in [4.78, 5) is 1.80. The highest BCUT2D eigenvalue weighted by atomic mass is 19.2. The van der Waals surface area contributed by atoms with E-state index < -0.39 is 40.2 Å². The monoisotopic (exact) mass is 411 g/mol. The third kappa shape index (κ3) is 4.12. The molecule has 0 bridgehead atoms. The smallest absolute Gasteiger partial charge is 0.204 e. The van der Waals surface area contributed by atoms with Crippen LogP contribution in [-0.4, -0.2) is 29.2 Å². The first-order valence-corrected chi connectivity index (χ1v) is 9.59. The van der Waals surface area contributed by atoms with Gasteiger partial charge in [-0.15, -0.1) is 0 Å². The minimum atomic E-state index is -1.54. The summed E-state index contributed by atoms with van der Waals surface area (Å²) in [6.45, 7) is 3.28. The summed E-state index contributed by atoms with van der Waals surface area (Å²) >= 11 is 0. The largest absolute Gasteiger partial charge is 0.491 e. The van der Waals surface area contributed by atoms with Crippen molar-refractivity contribution < 1.29 is 27.4 Å². The molecule has 2 aromatic rings. The van der Waals surface area contributed by atoms with Crippen molar-refractivity contribution in [3.8, 4) is 5.75 Å². The van der Waals surface area contributed by atoms with E-state index in [-0.39, 0.29) is 18.6 Å².